The highest BCUT2D eigenvalue weighted by Gasteiger charge is 2.31. The number of hydrogen-bond acceptors (Lipinski definition) is 6. The second kappa shape index (κ2) is 26.9. The topological polar surface area (TPSA) is 99.1 Å². The van der Waals surface area contributed by atoms with E-state index in [-0.39, 0.29) is 30.3 Å². The number of esters is 2. The zero-order valence-electron chi connectivity index (χ0n) is 28.0. The molecule has 0 bridgehead atoms. The first-order chi connectivity index (χ1) is 20.1. The number of unbranched alkanes of at least 4 members (excludes halogenated alkanes) is 18. The lowest BCUT2D eigenvalue weighted by molar-refractivity contribution is -0.887. The van der Waals surface area contributed by atoms with Gasteiger partial charge in [-0.25, -0.2) is 4.79 Å². The molecule has 42 heavy (non-hydrogen) atoms. The Bertz CT molecular complexity index is 677. The molecule has 2 atom stereocenters. The van der Waals surface area contributed by atoms with Crippen molar-refractivity contribution < 1.29 is 38.2 Å². The second-order valence-corrected chi connectivity index (χ2v) is 12.9. The summed E-state index contributed by atoms with van der Waals surface area (Å²) in [5.41, 5.74) is 0. The highest BCUT2D eigenvalue weighted by atomic mass is 16.6. The number of carbonyl (C=O) groups excluding carboxylic acids is 2. The number of rotatable bonds is 30. The second-order valence-electron chi connectivity index (χ2n) is 12.9. The van der Waals surface area contributed by atoms with Crippen LogP contribution in [-0.4, -0.2) is 80.6 Å². The molecule has 0 radical (unpaired) electrons. The van der Waals surface area contributed by atoms with Gasteiger partial charge in [-0.1, -0.05) is 122 Å². The average Bonchev–Trinajstić information content (AvgIpc) is 2.91. The minimum Gasteiger partial charge on any atom is -0.477 e. The van der Waals surface area contributed by atoms with Crippen molar-refractivity contribution in [3.8, 4) is 0 Å². The zero-order valence-corrected chi connectivity index (χ0v) is 28.0. The van der Waals surface area contributed by atoms with E-state index in [1.165, 1.54) is 110 Å². The van der Waals surface area contributed by atoms with Gasteiger partial charge in [0.1, 0.15) is 6.61 Å². The van der Waals surface area contributed by atoms with Gasteiger partial charge < -0.3 is 23.8 Å². The summed E-state index contributed by atoms with van der Waals surface area (Å²) in [5.74, 6) is -1.66. The minimum absolute atomic E-state index is 0.0572. The summed E-state index contributed by atoms with van der Waals surface area (Å²) >= 11 is 0. The first-order valence-electron chi connectivity index (χ1n) is 17.0. The molecule has 1 N–H and O–H groups in total. The van der Waals surface area contributed by atoms with Crippen molar-refractivity contribution in [2.24, 2.45) is 0 Å². The zero-order chi connectivity index (χ0) is 31.5. The molecule has 0 heterocycles. The number of carbonyl (C=O) groups is 3. The fourth-order valence-electron chi connectivity index (χ4n) is 5.17. The smallest absolute Gasteiger partial charge is 0.362 e. The highest BCUT2D eigenvalue weighted by Crippen LogP contribution is 2.15. The normalized spacial score (nSPS) is 13.1. The number of quaternary nitrogens is 1. The molecule has 0 spiro atoms. The van der Waals surface area contributed by atoms with Crippen LogP contribution in [0.4, 0.5) is 0 Å². The van der Waals surface area contributed by atoms with Gasteiger partial charge in [-0.2, -0.15) is 0 Å². The van der Waals surface area contributed by atoms with Crippen LogP contribution < -0.4 is 0 Å². The van der Waals surface area contributed by atoms with E-state index in [4.69, 9.17) is 14.2 Å². The van der Waals surface area contributed by atoms with Crippen LogP contribution >= 0.6 is 0 Å². The van der Waals surface area contributed by atoms with Crippen LogP contribution in [0, 0.1) is 0 Å². The summed E-state index contributed by atoms with van der Waals surface area (Å²) in [6.07, 6.45) is 24.8. The molecule has 8 heteroatoms. The Morgan fingerprint density at radius 2 is 1.10 bits per heavy atom. The number of carboxylic acid groups (broad SMARTS) is 1. The van der Waals surface area contributed by atoms with Gasteiger partial charge in [0.25, 0.3) is 0 Å². The molecule has 0 fully saturated rings. The molecule has 248 valence electrons. The van der Waals surface area contributed by atoms with Gasteiger partial charge in [-0.3, -0.25) is 9.59 Å². The van der Waals surface area contributed by atoms with Gasteiger partial charge >= 0.3 is 17.9 Å². The van der Waals surface area contributed by atoms with E-state index in [1.807, 2.05) is 21.1 Å². The molecule has 0 saturated carbocycles. The average molecular weight is 601 g/mol. The number of aliphatic carboxylic acids is 1. The lowest BCUT2D eigenvalue weighted by Gasteiger charge is -2.31. The predicted molar refractivity (Wildman–Crippen MR) is 169 cm³/mol. The Morgan fingerprint density at radius 3 is 1.48 bits per heavy atom. The Hall–Kier alpha value is -1.67. The van der Waals surface area contributed by atoms with Crippen molar-refractivity contribution in [2.45, 2.75) is 161 Å². The van der Waals surface area contributed by atoms with Crippen molar-refractivity contribution in [2.75, 3.05) is 41.0 Å². The van der Waals surface area contributed by atoms with Gasteiger partial charge in [0.2, 0.25) is 0 Å². The van der Waals surface area contributed by atoms with Crippen LogP contribution in [0.5, 0.6) is 0 Å². The van der Waals surface area contributed by atoms with Crippen molar-refractivity contribution in [3.63, 3.8) is 0 Å². The van der Waals surface area contributed by atoms with E-state index in [1.54, 1.807) is 0 Å². The Morgan fingerprint density at radius 1 is 0.667 bits per heavy atom. The molecule has 8 nitrogen and oxygen atoms in total. The van der Waals surface area contributed by atoms with Crippen LogP contribution in [0.15, 0.2) is 0 Å². The third-order valence-electron chi connectivity index (χ3n) is 7.81. The van der Waals surface area contributed by atoms with Crippen LogP contribution in [-0.2, 0) is 28.6 Å². The maximum absolute atomic E-state index is 12.3. The van der Waals surface area contributed by atoms with E-state index in [2.05, 4.69) is 6.92 Å². The maximum atomic E-state index is 12.3. The van der Waals surface area contributed by atoms with Crippen molar-refractivity contribution >= 4 is 17.9 Å². The quantitative estimate of drug-likeness (QED) is 0.0509. The first-order valence-corrected chi connectivity index (χ1v) is 17.0. The number of carboxylic acids is 1. The van der Waals surface area contributed by atoms with Gasteiger partial charge in [0, 0.05) is 19.8 Å². The third kappa shape index (κ3) is 26.0. The van der Waals surface area contributed by atoms with Crippen LogP contribution in [0.1, 0.15) is 149 Å². The number of hydrogen-bond donors (Lipinski definition) is 1. The molecule has 0 aliphatic rings. The largest absolute Gasteiger partial charge is 0.477 e. The summed E-state index contributed by atoms with van der Waals surface area (Å²) in [6.45, 7) is 3.77. The number of nitrogens with zero attached hydrogens (tertiary/aromatic N) is 1. The Labute approximate surface area is 257 Å². The molecule has 0 amide bonds. The highest BCUT2D eigenvalue weighted by molar-refractivity contribution is 5.72. The van der Waals surface area contributed by atoms with Crippen LogP contribution in [0.25, 0.3) is 0 Å². The summed E-state index contributed by atoms with van der Waals surface area (Å²) in [6, 6.07) is -0.603. The van der Waals surface area contributed by atoms with Gasteiger partial charge in [0.05, 0.1) is 34.4 Å². The van der Waals surface area contributed by atoms with Gasteiger partial charge in [-0.15, -0.1) is 0 Å². The molecule has 0 aromatic heterocycles. The Balaban J connectivity index is 3.82. The Kier molecular flexibility index (Phi) is 25.8. The summed E-state index contributed by atoms with van der Waals surface area (Å²) in [4.78, 5) is 35.1. The SMILES string of the molecule is CCCCCCCCCCCCCCCCCCCCCC(=O)OC(COCCC(C(=O)O)[N+](C)(C)C)COC(C)=O. The lowest BCUT2D eigenvalue weighted by atomic mass is 10.0. The first kappa shape index (κ1) is 40.3. The van der Waals surface area contributed by atoms with Crippen LogP contribution in [0.3, 0.4) is 0 Å². The van der Waals surface area contributed by atoms with E-state index < -0.39 is 24.1 Å². The van der Waals surface area contributed by atoms with E-state index in [0.717, 1.165) is 19.3 Å². The molecular formula is C34H66NO7+. The molecule has 0 saturated heterocycles. The summed E-state index contributed by atoms with van der Waals surface area (Å²) < 4.78 is 16.4. The lowest BCUT2D eigenvalue weighted by Crippen LogP contribution is -2.50. The maximum Gasteiger partial charge on any atom is 0.362 e. The van der Waals surface area contributed by atoms with Gasteiger partial charge in [-0.05, 0) is 6.42 Å². The summed E-state index contributed by atoms with van der Waals surface area (Å²) in [7, 11) is 5.47. The fraction of sp³-hybridized carbons (Fsp3) is 0.912. The van der Waals surface area contributed by atoms with E-state index >= 15 is 0 Å². The van der Waals surface area contributed by atoms with Crippen molar-refractivity contribution in [1.29, 1.82) is 0 Å². The van der Waals surface area contributed by atoms with E-state index in [9.17, 15) is 19.5 Å². The molecule has 0 aliphatic heterocycles. The van der Waals surface area contributed by atoms with Gasteiger partial charge in [0.15, 0.2) is 12.1 Å². The molecular weight excluding hydrogens is 534 g/mol. The summed E-state index contributed by atoms with van der Waals surface area (Å²) in [5, 5.41) is 9.44. The molecule has 0 rings (SSSR count). The number of likely N-dealkylation sites (N-methyl/N-ethyl adjacent to an activating group) is 1. The van der Waals surface area contributed by atoms with E-state index in [0.29, 0.717) is 12.8 Å². The molecule has 0 aromatic carbocycles. The number of ether oxygens (including phenoxy) is 3. The predicted octanol–water partition coefficient (Wildman–Crippen LogP) is 7.85. The fourth-order valence-corrected chi connectivity index (χ4v) is 5.17. The molecule has 0 aromatic rings. The standard InChI is InChI=1S/C34H65NO7/c1-6-7-8-9-10-11-12-13-14-15-16-17-18-19-20-21-22-23-24-25-33(37)42-31(29-41-30(2)36)28-40-27-26-32(34(38)39)35(3,4)5/h31-32H,6-29H2,1-5H3/p+1. The molecule has 2 unspecified atom stereocenters. The third-order valence-corrected chi connectivity index (χ3v) is 7.81. The van der Waals surface area contributed by atoms with Crippen LogP contribution in [0.2, 0.25) is 0 Å². The van der Waals surface area contributed by atoms with Crippen molar-refractivity contribution in [1.82, 2.24) is 0 Å². The monoisotopic (exact) mass is 600 g/mol. The minimum atomic E-state index is -0.881. The molecule has 0 aliphatic carbocycles. The van der Waals surface area contributed by atoms with Crippen molar-refractivity contribution in [3.05, 3.63) is 0 Å².